The monoisotopic (exact) mass is 297 g/mol. The average Bonchev–Trinajstić information content (AvgIpc) is 2.14. The molecule has 7 nitrogen and oxygen atoms in total. The summed E-state index contributed by atoms with van der Waals surface area (Å²) in [5.74, 6) is -0.186. The Kier molecular flexibility index (Phi) is 6.99. The molecule has 0 saturated carbocycles. The van der Waals surface area contributed by atoms with E-state index in [1.54, 1.807) is 0 Å². The number of pyridine rings is 1. The summed E-state index contributed by atoms with van der Waals surface area (Å²) in [5.41, 5.74) is 0. The fourth-order valence-corrected chi connectivity index (χ4v) is 1.51. The molecule has 104 valence electrons. The second-order valence-electron chi connectivity index (χ2n) is 3.46. The first-order valence-electron chi connectivity index (χ1n) is 4.88. The van der Waals surface area contributed by atoms with Gasteiger partial charge in [-0.15, -0.1) is 0 Å². The maximum atomic E-state index is 10.4. The van der Waals surface area contributed by atoms with E-state index in [1.807, 2.05) is 35.2 Å². The van der Waals surface area contributed by atoms with Crippen LogP contribution in [0.15, 0.2) is 30.6 Å². The zero-order chi connectivity index (χ0) is 14.2. The van der Waals surface area contributed by atoms with E-state index in [2.05, 4.69) is 0 Å². The summed E-state index contributed by atoms with van der Waals surface area (Å²) in [6.45, 7) is 0.598. The maximum absolute atomic E-state index is 10.4. The summed E-state index contributed by atoms with van der Waals surface area (Å²) >= 11 is 0. The van der Waals surface area contributed by atoms with Crippen LogP contribution in [-0.4, -0.2) is 37.9 Å². The molecule has 0 aromatic carbocycles. The van der Waals surface area contributed by atoms with Crippen molar-refractivity contribution in [3.63, 3.8) is 0 Å². The molecule has 0 amide bonds. The average molecular weight is 297 g/mol. The smallest absolute Gasteiger partial charge is 0.265 e. The lowest BCUT2D eigenvalue weighted by atomic mass is 10.4. The number of rotatable bonds is 4. The van der Waals surface area contributed by atoms with E-state index in [9.17, 15) is 8.42 Å². The predicted octanol–water partition coefficient (Wildman–Crippen LogP) is -0.587. The molecule has 0 bridgehead atoms. The van der Waals surface area contributed by atoms with Gasteiger partial charge in [0.25, 0.3) is 10.1 Å². The van der Waals surface area contributed by atoms with Gasteiger partial charge < -0.3 is 4.55 Å². The first kappa shape index (κ1) is 17.0. The Balaban J connectivity index is 0.000000494. The van der Waals surface area contributed by atoms with Crippen molar-refractivity contribution in [2.24, 2.45) is 0 Å². The molecule has 18 heavy (non-hydrogen) atoms. The van der Waals surface area contributed by atoms with E-state index in [0.29, 0.717) is 19.2 Å². The Morgan fingerprint density at radius 3 is 1.94 bits per heavy atom. The van der Waals surface area contributed by atoms with Gasteiger partial charge in [0.05, 0.1) is 15.9 Å². The zero-order valence-corrected chi connectivity index (χ0v) is 11.4. The maximum Gasteiger partial charge on any atom is 0.265 e. The van der Waals surface area contributed by atoms with E-state index in [0.717, 1.165) is 0 Å². The first-order chi connectivity index (χ1) is 8.08. The van der Waals surface area contributed by atoms with Crippen LogP contribution in [0.5, 0.6) is 0 Å². The Bertz CT molecular complexity index is 530. The third-order valence-electron chi connectivity index (χ3n) is 1.60. The van der Waals surface area contributed by atoms with Crippen LogP contribution in [0, 0.1) is 0 Å². The van der Waals surface area contributed by atoms with Crippen molar-refractivity contribution in [3.05, 3.63) is 30.6 Å². The van der Waals surface area contributed by atoms with Crippen LogP contribution in [0.25, 0.3) is 0 Å². The van der Waals surface area contributed by atoms with E-state index in [1.165, 1.54) is 0 Å². The van der Waals surface area contributed by atoms with Crippen LogP contribution >= 0.6 is 0 Å². The summed E-state index contributed by atoms with van der Waals surface area (Å²) in [5, 5.41) is 0. The standard InChI is InChI=1S/C8H11NO3S.CH4O3S/c10-13(11,12)8-4-7-9-5-2-1-3-6-9;1-5(2,3)4/h1-3,5-6H,4,7-8H2;1H3,(H,2,3,4). The van der Waals surface area contributed by atoms with Crippen molar-refractivity contribution >= 4 is 20.2 Å². The molecule has 9 heteroatoms. The van der Waals surface area contributed by atoms with Crippen LogP contribution in [0.2, 0.25) is 0 Å². The minimum atomic E-state index is -3.92. The van der Waals surface area contributed by atoms with E-state index in [4.69, 9.17) is 17.5 Å². The molecule has 0 unspecified atom stereocenters. The van der Waals surface area contributed by atoms with E-state index >= 15 is 0 Å². The van der Waals surface area contributed by atoms with Gasteiger partial charge in [-0.2, -0.15) is 8.42 Å². The Hall–Kier alpha value is -1.03. The lowest BCUT2D eigenvalue weighted by molar-refractivity contribution is -0.696. The van der Waals surface area contributed by atoms with Gasteiger partial charge in [-0.3, -0.25) is 4.55 Å². The Labute approximate surface area is 107 Å². The highest BCUT2D eigenvalue weighted by atomic mass is 32.2. The molecular weight excluding hydrogens is 282 g/mol. The fourth-order valence-electron chi connectivity index (χ4n) is 1.01. The number of aromatic nitrogens is 1. The van der Waals surface area contributed by atoms with Crippen molar-refractivity contribution in [2.75, 3.05) is 12.0 Å². The molecule has 1 rings (SSSR count). The van der Waals surface area contributed by atoms with Gasteiger partial charge >= 0.3 is 0 Å². The minimum absolute atomic E-state index is 0.186. The topological polar surface area (TPSA) is 115 Å². The predicted molar refractivity (Wildman–Crippen MR) is 63.3 cm³/mol. The van der Waals surface area contributed by atoms with Crippen molar-refractivity contribution < 1.29 is 30.5 Å². The van der Waals surface area contributed by atoms with Crippen LogP contribution < -0.4 is 4.57 Å². The largest absolute Gasteiger partial charge is 0.748 e. The summed E-state index contributed by atoms with van der Waals surface area (Å²) in [4.78, 5) is 0. The molecule has 0 spiro atoms. The molecule has 0 aliphatic carbocycles. The lowest BCUT2D eigenvalue weighted by Crippen LogP contribution is -2.33. The van der Waals surface area contributed by atoms with Gasteiger partial charge in [-0.25, -0.2) is 13.0 Å². The highest BCUT2D eigenvalue weighted by molar-refractivity contribution is 7.85. The van der Waals surface area contributed by atoms with Gasteiger partial charge in [0.15, 0.2) is 12.4 Å². The zero-order valence-electron chi connectivity index (χ0n) is 9.76. The summed E-state index contributed by atoms with van der Waals surface area (Å²) in [7, 11) is -7.72. The molecule has 0 radical (unpaired) electrons. The van der Waals surface area contributed by atoms with Crippen molar-refractivity contribution in [2.45, 2.75) is 13.0 Å². The molecule has 1 aromatic heterocycles. The first-order valence-corrected chi connectivity index (χ1v) is 8.30. The number of aryl methyl sites for hydroxylation is 1. The molecule has 0 aliphatic rings. The quantitative estimate of drug-likeness (QED) is 0.587. The molecule has 0 atom stereocenters. The fraction of sp³-hybridized carbons (Fsp3) is 0.444. The minimum Gasteiger partial charge on any atom is -0.748 e. The molecule has 1 aromatic rings. The molecule has 1 N–H and O–H groups in total. The molecular formula is C9H15NO6S2. The normalized spacial score (nSPS) is 11.5. The molecule has 0 aliphatic heterocycles. The van der Waals surface area contributed by atoms with Crippen molar-refractivity contribution in [1.29, 1.82) is 0 Å². The van der Waals surface area contributed by atoms with Crippen LogP contribution in [-0.2, 0) is 26.8 Å². The molecule has 0 fully saturated rings. The third kappa shape index (κ3) is 15.0. The summed E-state index contributed by atoms with van der Waals surface area (Å²) in [6, 6.07) is 5.63. The van der Waals surface area contributed by atoms with Gasteiger partial charge in [0, 0.05) is 24.8 Å². The molecule has 1 heterocycles. The number of hydrogen-bond acceptors (Lipinski definition) is 5. The number of nitrogens with zero attached hydrogens (tertiary/aromatic N) is 1. The lowest BCUT2D eigenvalue weighted by Gasteiger charge is -1.94. The van der Waals surface area contributed by atoms with Gasteiger partial charge in [0.1, 0.15) is 6.54 Å². The Morgan fingerprint density at radius 1 is 1.11 bits per heavy atom. The van der Waals surface area contributed by atoms with E-state index < -0.39 is 20.2 Å². The molecule has 0 saturated heterocycles. The summed E-state index contributed by atoms with van der Waals surface area (Å²) in [6.07, 6.45) is 4.73. The second kappa shape index (κ2) is 7.41. The van der Waals surface area contributed by atoms with E-state index in [-0.39, 0.29) is 5.75 Å². The van der Waals surface area contributed by atoms with Crippen molar-refractivity contribution in [3.8, 4) is 0 Å². The van der Waals surface area contributed by atoms with Gasteiger partial charge in [-0.1, -0.05) is 6.07 Å². The van der Waals surface area contributed by atoms with Crippen LogP contribution in [0.1, 0.15) is 6.42 Å². The van der Waals surface area contributed by atoms with Crippen LogP contribution in [0.3, 0.4) is 0 Å². The summed E-state index contributed by atoms with van der Waals surface area (Å²) < 4.78 is 58.3. The van der Waals surface area contributed by atoms with Crippen molar-refractivity contribution in [1.82, 2.24) is 0 Å². The third-order valence-corrected chi connectivity index (χ3v) is 2.40. The second-order valence-corrected chi connectivity index (χ2v) is 6.44. The Morgan fingerprint density at radius 2 is 1.56 bits per heavy atom. The van der Waals surface area contributed by atoms with Gasteiger partial charge in [-0.05, 0) is 0 Å². The number of hydrogen-bond donors (Lipinski definition) is 1. The highest BCUT2D eigenvalue weighted by Crippen LogP contribution is 1.88. The van der Waals surface area contributed by atoms with Crippen LogP contribution in [0.4, 0.5) is 0 Å². The SMILES string of the molecule is CS(=O)(=O)[O-].O=S(=O)(O)CCC[n+]1ccccc1. The van der Waals surface area contributed by atoms with Gasteiger partial charge in [0.2, 0.25) is 0 Å². The highest BCUT2D eigenvalue weighted by Gasteiger charge is 2.06.